The number of nitrogens with zero attached hydrogens (tertiary/aromatic N) is 3. The Morgan fingerprint density at radius 2 is 2.11 bits per heavy atom. The Morgan fingerprint density at radius 1 is 1.22 bits per heavy atom. The molecule has 18 heavy (non-hydrogen) atoms. The van der Waals surface area contributed by atoms with Gasteiger partial charge in [-0.15, -0.1) is 5.10 Å². The van der Waals surface area contributed by atoms with Gasteiger partial charge < -0.3 is 10.2 Å². The molecule has 0 atom stereocenters. The Balaban J connectivity index is 2.10. The maximum absolute atomic E-state index is 6.01. The molecular formula is C12H9ClN4O. The highest BCUT2D eigenvalue weighted by Gasteiger charge is 2.14. The van der Waals surface area contributed by atoms with Gasteiger partial charge in [0.05, 0.1) is 12.0 Å². The Bertz CT molecular complexity index is 675. The number of hydrogen-bond donors (Lipinski definition) is 1. The van der Waals surface area contributed by atoms with E-state index in [9.17, 15) is 0 Å². The first-order chi connectivity index (χ1) is 8.75. The quantitative estimate of drug-likeness (QED) is 0.769. The van der Waals surface area contributed by atoms with E-state index in [1.165, 1.54) is 4.68 Å². The number of hydrogen-bond acceptors (Lipinski definition) is 4. The maximum Gasteiger partial charge on any atom is 0.172 e. The third-order valence-electron chi connectivity index (χ3n) is 2.51. The Morgan fingerprint density at radius 3 is 2.83 bits per heavy atom. The minimum Gasteiger partial charge on any atom is -0.463 e. The molecule has 3 aromatic rings. The first-order valence-corrected chi connectivity index (χ1v) is 5.64. The molecule has 0 spiro atoms. The van der Waals surface area contributed by atoms with Gasteiger partial charge in [-0.1, -0.05) is 22.9 Å². The second-order valence-corrected chi connectivity index (χ2v) is 4.13. The van der Waals surface area contributed by atoms with Crippen LogP contribution in [0, 0.1) is 0 Å². The average Bonchev–Trinajstić information content (AvgIpc) is 2.97. The molecule has 2 heterocycles. The Labute approximate surface area is 108 Å². The van der Waals surface area contributed by atoms with Crippen molar-refractivity contribution in [2.24, 2.45) is 0 Å². The molecule has 0 fully saturated rings. The lowest BCUT2D eigenvalue weighted by molar-refractivity contribution is 0.580. The molecule has 0 saturated heterocycles. The summed E-state index contributed by atoms with van der Waals surface area (Å²) in [6.45, 7) is 0. The summed E-state index contributed by atoms with van der Waals surface area (Å²) in [4.78, 5) is 0. The van der Waals surface area contributed by atoms with Crippen LogP contribution in [0.3, 0.4) is 0 Å². The molecule has 0 aliphatic heterocycles. The predicted octanol–water partition coefficient (Wildman–Crippen LogP) is 2.76. The topological polar surface area (TPSA) is 69.9 Å². The zero-order valence-corrected chi connectivity index (χ0v) is 10.0. The van der Waals surface area contributed by atoms with Gasteiger partial charge in [-0.25, -0.2) is 0 Å². The van der Waals surface area contributed by atoms with Crippen molar-refractivity contribution in [2.75, 3.05) is 5.73 Å². The van der Waals surface area contributed by atoms with Gasteiger partial charge in [-0.05, 0) is 30.3 Å². The van der Waals surface area contributed by atoms with Crippen LogP contribution in [0.15, 0.2) is 47.1 Å². The van der Waals surface area contributed by atoms with Crippen molar-refractivity contribution in [1.82, 2.24) is 15.0 Å². The van der Waals surface area contributed by atoms with Crippen LogP contribution in [-0.2, 0) is 0 Å². The molecule has 0 amide bonds. The lowest BCUT2D eigenvalue weighted by Crippen LogP contribution is -2.02. The van der Waals surface area contributed by atoms with Gasteiger partial charge in [0.2, 0.25) is 0 Å². The fourth-order valence-electron chi connectivity index (χ4n) is 1.68. The smallest absolute Gasteiger partial charge is 0.172 e. The first-order valence-electron chi connectivity index (χ1n) is 5.27. The third-order valence-corrected chi connectivity index (χ3v) is 2.75. The van der Waals surface area contributed by atoms with Crippen LogP contribution in [-0.4, -0.2) is 15.0 Å². The van der Waals surface area contributed by atoms with Gasteiger partial charge in [-0.2, -0.15) is 4.68 Å². The lowest BCUT2D eigenvalue weighted by Gasteiger charge is -2.02. The molecule has 2 N–H and O–H groups in total. The lowest BCUT2D eigenvalue weighted by atomic mass is 10.3. The van der Waals surface area contributed by atoms with Crippen LogP contribution in [0.4, 0.5) is 5.82 Å². The molecule has 0 radical (unpaired) electrons. The molecule has 6 heteroatoms. The summed E-state index contributed by atoms with van der Waals surface area (Å²) in [6.07, 6.45) is 1.56. The van der Waals surface area contributed by atoms with E-state index in [-0.39, 0.29) is 0 Å². The standard InChI is InChI=1S/C12H9ClN4O/c13-8-3-1-4-9(7-8)17-12(14)11(15-16-17)10-5-2-6-18-10/h1-7H,14H2. The molecular weight excluding hydrogens is 252 g/mol. The molecule has 2 aromatic heterocycles. The molecule has 1 aromatic carbocycles. The van der Waals surface area contributed by atoms with Crippen LogP contribution >= 0.6 is 11.6 Å². The first kappa shape index (κ1) is 10.9. The van der Waals surface area contributed by atoms with E-state index in [2.05, 4.69) is 10.3 Å². The molecule has 0 aliphatic rings. The normalized spacial score (nSPS) is 10.7. The fraction of sp³-hybridized carbons (Fsp3) is 0. The summed E-state index contributed by atoms with van der Waals surface area (Å²) < 4.78 is 6.77. The number of benzene rings is 1. The number of rotatable bonds is 2. The van der Waals surface area contributed by atoms with Crippen molar-refractivity contribution in [3.8, 4) is 17.1 Å². The largest absolute Gasteiger partial charge is 0.463 e. The minimum atomic E-state index is 0.409. The summed E-state index contributed by atoms with van der Waals surface area (Å²) in [6, 6.07) is 10.8. The van der Waals surface area contributed by atoms with Gasteiger partial charge in [0.1, 0.15) is 0 Å². The summed E-state index contributed by atoms with van der Waals surface area (Å²) in [5, 5.41) is 8.63. The van der Waals surface area contributed by atoms with Crippen molar-refractivity contribution < 1.29 is 4.42 Å². The van der Waals surface area contributed by atoms with Crippen molar-refractivity contribution >= 4 is 17.4 Å². The molecule has 0 saturated carbocycles. The van der Waals surface area contributed by atoms with Crippen LogP contribution in [0.25, 0.3) is 17.1 Å². The minimum absolute atomic E-state index is 0.409. The van der Waals surface area contributed by atoms with Crippen LogP contribution < -0.4 is 5.73 Å². The SMILES string of the molecule is Nc1c(-c2ccco2)nnn1-c1cccc(Cl)c1. The number of nitrogen functional groups attached to an aromatic ring is 1. The Kier molecular flexibility index (Phi) is 2.53. The van der Waals surface area contributed by atoms with Crippen LogP contribution in [0.2, 0.25) is 5.02 Å². The Hall–Kier alpha value is -2.27. The summed E-state index contributed by atoms with van der Waals surface area (Å²) in [5.74, 6) is 0.994. The van der Waals surface area contributed by atoms with E-state index in [1.54, 1.807) is 30.5 Å². The average molecular weight is 261 g/mol. The van der Waals surface area contributed by atoms with E-state index in [4.69, 9.17) is 21.8 Å². The third kappa shape index (κ3) is 1.74. The molecule has 0 unspecified atom stereocenters. The highest BCUT2D eigenvalue weighted by atomic mass is 35.5. The number of anilines is 1. The molecule has 90 valence electrons. The highest BCUT2D eigenvalue weighted by molar-refractivity contribution is 6.30. The number of nitrogens with two attached hydrogens (primary N) is 1. The zero-order chi connectivity index (χ0) is 12.5. The van der Waals surface area contributed by atoms with Crippen LogP contribution in [0.1, 0.15) is 0 Å². The van der Waals surface area contributed by atoms with Gasteiger partial charge in [0.15, 0.2) is 17.3 Å². The predicted molar refractivity (Wildman–Crippen MR) is 68.5 cm³/mol. The number of aromatic nitrogens is 3. The van der Waals surface area contributed by atoms with E-state index >= 15 is 0 Å². The second kappa shape index (κ2) is 4.19. The van der Waals surface area contributed by atoms with Gasteiger partial charge in [-0.3, -0.25) is 0 Å². The van der Waals surface area contributed by atoms with Crippen molar-refractivity contribution in [1.29, 1.82) is 0 Å². The number of furan rings is 1. The van der Waals surface area contributed by atoms with Crippen LogP contribution in [0.5, 0.6) is 0 Å². The van der Waals surface area contributed by atoms with Crippen molar-refractivity contribution in [3.05, 3.63) is 47.7 Å². The summed E-state index contributed by atoms with van der Waals surface area (Å²) >= 11 is 5.93. The van der Waals surface area contributed by atoms with Gasteiger partial charge in [0, 0.05) is 5.02 Å². The highest BCUT2D eigenvalue weighted by Crippen LogP contribution is 2.26. The van der Waals surface area contributed by atoms with Gasteiger partial charge in [0.25, 0.3) is 0 Å². The zero-order valence-electron chi connectivity index (χ0n) is 9.25. The molecule has 0 aliphatic carbocycles. The molecule has 5 nitrogen and oxygen atoms in total. The van der Waals surface area contributed by atoms with Gasteiger partial charge >= 0.3 is 0 Å². The van der Waals surface area contributed by atoms with E-state index in [1.807, 2.05) is 12.1 Å². The van der Waals surface area contributed by atoms with E-state index < -0.39 is 0 Å². The summed E-state index contributed by atoms with van der Waals surface area (Å²) in [7, 11) is 0. The summed E-state index contributed by atoms with van der Waals surface area (Å²) in [5.41, 5.74) is 7.28. The van der Waals surface area contributed by atoms with E-state index in [0.29, 0.717) is 22.3 Å². The molecule has 0 bridgehead atoms. The molecule has 3 rings (SSSR count). The maximum atomic E-state index is 6.01. The van der Waals surface area contributed by atoms with Crippen molar-refractivity contribution in [2.45, 2.75) is 0 Å². The monoisotopic (exact) mass is 260 g/mol. The van der Waals surface area contributed by atoms with E-state index in [0.717, 1.165) is 5.69 Å². The van der Waals surface area contributed by atoms with Crippen molar-refractivity contribution in [3.63, 3.8) is 0 Å². The number of halogens is 1. The fourth-order valence-corrected chi connectivity index (χ4v) is 1.86. The second-order valence-electron chi connectivity index (χ2n) is 3.69.